The molecule has 0 spiro atoms. The van der Waals surface area contributed by atoms with Gasteiger partial charge in [0.1, 0.15) is 0 Å². The number of hydrogen-bond acceptors (Lipinski definition) is 4. The van der Waals surface area contributed by atoms with Gasteiger partial charge in [0.05, 0.1) is 6.54 Å². The van der Waals surface area contributed by atoms with E-state index in [-0.39, 0.29) is 0 Å². The van der Waals surface area contributed by atoms with E-state index in [1.165, 1.54) is 5.56 Å². The van der Waals surface area contributed by atoms with Gasteiger partial charge >= 0.3 is 0 Å². The molecular formula is C13H16ClN3O. The van der Waals surface area contributed by atoms with E-state index in [0.717, 1.165) is 23.8 Å². The lowest BCUT2D eigenvalue weighted by Gasteiger charge is -2.14. The van der Waals surface area contributed by atoms with E-state index in [9.17, 15) is 0 Å². The molecule has 1 heterocycles. The van der Waals surface area contributed by atoms with Crippen LogP contribution in [-0.4, -0.2) is 22.1 Å². The monoisotopic (exact) mass is 265 g/mol. The minimum atomic E-state index is 0.638. The Morgan fingerprint density at radius 3 is 2.83 bits per heavy atom. The topological polar surface area (TPSA) is 42.2 Å². The summed E-state index contributed by atoms with van der Waals surface area (Å²) in [5, 5.41) is 4.63. The molecule has 0 aliphatic carbocycles. The van der Waals surface area contributed by atoms with Crippen molar-refractivity contribution in [2.45, 2.75) is 26.4 Å². The normalized spacial score (nSPS) is 11.1. The smallest absolute Gasteiger partial charge is 0.240 e. The molecule has 0 radical (unpaired) electrons. The Hall–Kier alpha value is -1.39. The summed E-state index contributed by atoms with van der Waals surface area (Å²) in [4.78, 5) is 6.39. The van der Waals surface area contributed by atoms with Crippen molar-refractivity contribution in [1.29, 1.82) is 0 Å². The molecule has 18 heavy (non-hydrogen) atoms. The first-order valence-corrected chi connectivity index (χ1v) is 6.29. The van der Waals surface area contributed by atoms with Gasteiger partial charge < -0.3 is 4.52 Å². The van der Waals surface area contributed by atoms with Crippen molar-refractivity contribution >= 4 is 11.6 Å². The van der Waals surface area contributed by atoms with Gasteiger partial charge in [-0.25, -0.2) is 0 Å². The van der Waals surface area contributed by atoms with Crippen molar-refractivity contribution in [1.82, 2.24) is 15.0 Å². The molecule has 1 aromatic carbocycles. The van der Waals surface area contributed by atoms with Gasteiger partial charge in [0, 0.05) is 18.0 Å². The van der Waals surface area contributed by atoms with Crippen LogP contribution in [0.2, 0.25) is 5.02 Å². The van der Waals surface area contributed by atoms with Gasteiger partial charge in [-0.2, -0.15) is 4.98 Å². The maximum atomic E-state index is 5.95. The van der Waals surface area contributed by atoms with Crippen molar-refractivity contribution < 1.29 is 4.52 Å². The molecule has 0 fully saturated rings. The van der Waals surface area contributed by atoms with Crippen LogP contribution in [0.5, 0.6) is 0 Å². The lowest BCUT2D eigenvalue weighted by atomic mass is 10.2. The number of hydrogen-bond donors (Lipinski definition) is 0. The first-order valence-electron chi connectivity index (χ1n) is 5.92. The van der Waals surface area contributed by atoms with Crippen molar-refractivity contribution in [2.75, 3.05) is 7.05 Å². The molecule has 0 amide bonds. The standard InChI is InChI=1S/C13H16ClN3O/c1-3-12-15-13(18-16-12)9-17(2)8-10-5-4-6-11(14)7-10/h4-7H,3,8-9H2,1-2H3. The minimum Gasteiger partial charge on any atom is -0.338 e. The molecule has 0 N–H and O–H groups in total. The van der Waals surface area contributed by atoms with Gasteiger partial charge in [0.2, 0.25) is 5.89 Å². The lowest BCUT2D eigenvalue weighted by Crippen LogP contribution is -2.17. The molecule has 4 nitrogen and oxygen atoms in total. The maximum absolute atomic E-state index is 5.95. The second-order valence-corrected chi connectivity index (χ2v) is 4.70. The van der Waals surface area contributed by atoms with Crippen molar-refractivity contribution in [3.05, 3.63) is 46.6 Å². The largest absolute Gasteiger partial charge is 0.338 e. The van der Waals surface area contributed by atoms with E-state index in [1.807, 2.05) is 38.2 Å². The number of aromatic nitrogens is 2. The van der Waals surface area contributed by atoms with Gasteiger partial charge in [-0.3, -0.25) is 4.90 Å². The molecule has 0 atom stereocenters. The zero-order chi connectivity index (χ0) is 13.0. The number of halogens is 1. The van der Waals surface area contributed by atoms with E-state index >= 15 is 0 Å². The van der Waals surface area contributed by atoms with E-state index in [4.69, 9.17) is 16.1 Å². The molecule has 2 rings (SSSR count). The van der Waals surface area contributed by atoms with E-state index < -0.39 is 0 Å². The van der Waals surface area contributed by atoms with Gasteiger partial charge in [-0.05, 0) is 24.7 Å². The number of rotatable bonds is 5. The van der Waals surface area contributed by atoms with Crippen LogP contribution in [-0.2, 0) is 19.5 Å². The third-order valence-electron chi connectivity index (χ3n) is 2.57. The van der Waals surface area contributed by atoms with Crippen LogP contribution in [0, 0.1) is 0 Å². The quantitative estimate of drug-likeness (QED) is 0.834. The molecule has 96 valence electrons. The Labute approximate surface area is 112 Å². The zero-order valence-electron chi connectivity index (χ0n) is 10.6. The highest BCUT2D eigenvalue weighted by Crippen LogP contribution is 2.13. The van der Waals surface area contributed by atoms with E-state index in [2.05, 4.69) is 15.0 Å². The Balaban J connectivity index is 1.94. The summed E-state index contributed by atoms with van der Waals surface area (Å²) < 4.78 is 5.16. The van der Waals surface area contributed by atoms with Gasteiger partial charge in [-0.1, -0.05) is 35.8 Å². The SMILES string of the molecule is CCc1noc(CN(C)Cc2cccc(Cl)c2)n1. The van der Waals surface area contributed by atoms with Gasteiger partial charge in [0.25, 0.3) is 0 Å². The Kier molecular flexibility index (Phi) is 4.33. The molecule has 0 aliphatic heterocycles. The summed E-state index contributed by atoms with van der Waals surface area (Å²) >= 11 is 5.95. The van der Waals surface area contributed by atoms with Crippen LogP contribution < -0.4 is 0 Å². The summed E-state index contributed by atoms with van der Waals surface area (Å²) in [6.45, 7) is 3.44. The summed E-state index contributed by atoms with van der Waals surface area (Å²) in [6.07, 6.45) is 0.793. The summed E-state index contributed by atoms with van der Waals surface area (Å²) in [5.41, 5.74) is 1.17. The lowest BCUT2D eigenvalue weighted by molar-refractivity contribution is 0.260. The van der Waals surface area contributed by atoms with Crippen LogP contribution in [0.15, 0.2) is 28.8 Å². The molecule has 0 aliphatic rings. The summed E-state index contributed by atoms with van der Waals surface area (Å²) in [6, 6.07) is 7.83. The third kappa shape index (κ3) is 3.55. The number of nitrogens with zero attached hydrogens (tertiary/aromatic N) is 3. The fourth-order valence-corrected chi connectivity index (χ4v) is 1.94. The highest BCUT2D eigenvalue weighted by atomic mass is 35.5. The highest BCUT2D eigenvalue weighted by Gasteiger charge is 2.08. The zero-order valence-corrected chi connectivity index (χ0v) is 11.3. The first kappa shape index (κ1) is 13.1. The maximum Gasteiger partial charge on any atom is 0.240 e. The van der Waals surface area contributed by atoms with Crippen molar-refractivity contribution in [3.8, 4) is 0 Å². The van der Waals surface area contributed by atoms with Crippen LogP contribution in [0.4, 0.5) is 0 Å². The molecule has 0 saturated heterocycles. The molecule has 0 saturated carbocycles. The van der Waals surface area contributed by atoms with Gasteiger partial charge in [-0.15, -0.1) is 0 Å². The Morgan fingerprint density at radius 1 is 1.33 bits per heavy atom. The second kappa shape index (κ2) is 5.98. The van der Waals surface area contributed by atoms with Crippen LogP contribution in [0.3, 0.4) is 0 Å². The van der Waals surface area contributed by atoms with E-state index in [0.29, 0.717) is 12.4 Å². The molecule has 0 unspecified atom stereocenters. The average Bonchev–Trinajstić information content (AvgIpc) is 2.76. The first-order chi connectivity index (χ1) is 8.67. The molecule has 0 bridgehead atoms. The molecular weight excluding hydrogens is 250 g/mol. The molecule has 5 heteroatoms. The minimum absolute atomic E-state index is 0.638. The van der Waals surface area contributed by atoms with Crippen LogP contribution in [0.25, 0.3) is 0 Å². The van der Waals surface area contributed by atoms with Gasteiger partial charge in [0.15, 0.2) is 5.82 Å². The summed E-state index contributed by atoms with van der Waals surface area (Å²) in [7, 11) is 2.01. The fourth-order valence-electron chi connectivity index (χ4n) is 1.73. The van der Waals surface area contributed by atoms with Crippen molar-refractivity contribution in [2.24, 2.45) is 0 Å². The Morgan fingerprint density at radius 2 is 2.17 bits per heavy atom. The fraction of sp³-hybridized carbons (Fsp3) is 0.385. The van der Waals surface area contributed by atoms with Crippen LogP contribution >= 0.6 is 11.6 Å². The Bertz CT molecular complexity index is 512. The molecule has 2 aromatic rings. The predicted octanol–water partition coefficient (Wildman–Crippen LogP) is 2.92. The molecule has 1 aromatic heterocycles. The number of aryl methyl sites for hydroxylation is 1. The average molecular weight is 266 g/mol. The van der Waals surface area contributed by atoms with E-state index in [1.54, 1.807) is 0 Å². The predicted molar refractivity (Wildman–Crippen MR) is 70.3 cm³/mol. The second-order valence-electron chi connectivity index (χ2n) is 4.26. The van der Waals surface area contributed by atoms with Crippen molar-refractivity contribution in [3.63, 3.8) is 0 Å². The van der Waals surface area contributed by atoms with Crippen LogP contribution in [0.1, 0.15) is 24.2 Å². The third-order valence-corrected chi connectivity index (χ3v) is 2.81. The highest BCUT2D eigenvalue weighted by molar-refractivity contribution is 6.30. The number of benzene rings is 1. The summed E-state index contributed by atoms with van der Waals surface area (Å²) in [5.74, 6) is 1.40.